The van der Waals surface area contributed by atoms with Gasteiger partial charge in [0, 0.05) is 12.4 Å². The highest BCUT2D eigenvalue weighted by Crippen LogP contribution is 2.33. The minimum atomic E-state index is -1.01. The summed E-state index contributed by atoms with van der Waals surface area (Å²) in [5, 5.41) is 10.2. The fraction of sp³-hybridized carbons (Fsp3) is 0.214. The molecule has 0 unspecified atom stereocenters. The molecule has 2 heterocycles. The Morgan fingerprint density at radius 2 is 1.95 bits per heavy atom. The molecule has 0 bridgehead atoms. The van der Waals surface area contributed by atoms with Gasteiger partial charge in [0.05, 0.1) is 12.2 Å². The second kappa shape index (κ2) is 6.91. The number of carboxylic acids is 1. The van der Waals surface area contributed by atoms with Crippen LogP contribution in [0.2, 0.25) is 0 Å². The van der Waals surface area contributed by atoms with Crippen LogP contribution in [0.25, 0.3) is 0 Å². The van der Waals surface area contributed by atoms with Crippen molar-refractivity contribution in [2.24, 2.45) is 0 Å². The molecule has 104 valence electrons. The molecule has 0 aliphatic rings. The van der Waals surface area contributed by atoms with Crippen LogP contribution in [0.15, 0.2) is 46.7 Å². The quantitative estimate of drug-likeness (QED) is 0.881. The lowest BCUT2D eigenvalue weighted by molar-refractivity contribution is 0.0692. The van der Waals surface area contributed by atoms with Crippen LogP contribution in [0.1, 0.15) is 23.7 Å². The number of aromatic nitrogens is 2. The van der Waals surface area contributed by atoms with Gasteiger partial charge in [-0.2, -0.15) is 0 Å². The van der Waals surface area contributed by atoms with E-state index in [-0.39, 0.29) is 5.56 Å². The van der Waals surface area contributed by atoms with Crippen molar-refractivity contribution in [2.75, 3.05) is 6.61 Å². The highest BCUT2D eigenvalue weighted by atomic mass is 32.2. The normalized spacial score (nSPS) is 10.2. The van der Waals surface area contributed by atoms with E-state index in [4.69, 9.17) is 9.84 Å². The Hall–Kier alpha value is -2.08. The van der Waals surface area contributed by atoms with E-state index in [9.17, 15) is 4.79 Å². The third-order valence-electron chi connectivity index (χ3n) is 2.39. The van der Waals surface area contributed by atoms with Gasteiger partial charge < -0.3 is 9.84 Å². The first-order valence-electron chi connectivity index (χ1n) is 6.16. The number of rotatable bonds is 6. The molecule has 0 atom stereocenters. The van der Waals surface area contributed by atoms with E-state index in [1.165, 1.54) is 17.8 Å². The third-order valence-corrected chi connectivity index (χ3v) is 3.41. The van der Waals surface area contributed by atoms with Crippen LogP contribution in [0.5, 0.6) is 5.75 Å². The van der Waals surface area contributed by atoms with Gasteiger partial charge in [0.25, 0.3) is 0 Å². The first-order chi connectivity index (χ1) is 9.72. The molecule has 2 rings (SSSR count). The zero-order valence-corrected chi connectivity index (χ0v) is 11.8. The number of carbonyl (C=O) groups is 1. The van der Waals surface area contributed by atoms with Crippen LogP contribution in [-0.4, -0.2) is 27.7 Å². The number of hydrogen-bond acceptors (Lipinski definition) is 5. The molecular formula is C14H14N2O3S. The van der Waals surface area contributed by atoms with Crippen LogP contribution < -0.4 is 4.74 Å². The van der Waals surface area contributed by atoms with Crippen molar-refractivity contribution in [3.8, 4) is 5.75 Å². The molecule has 2 aromatic heterocycles. The topological polar surface area (TPSA) is 72.3 Å². The summed E-state index contributed by atoms with van der Waals surface area (Å²) in [7, 11) is 0. The molecule has 0 aliphatic heterocycles. The van der Waals surface area contributed by atoms with Crippen LogP contribution in [0, 0.1) is 0 Å². The molecule has 20 heavy (non-hydrogen) atoms. The van der Waals surface area contributed by atoms with Crippen molar-refractivity contribution in [1.29, 1.82) is 0 Å². The first kappa shape index (κ1) is 14.3. The predicted octanol–water partition coefficient (Wildman–Crippen LogP) is 3.11. The number of aromatic carboxylic acids is 1. The third kappa shape index (κ3) is 3.48. The number of carboxylic acid groups (broad SMARTS) is 1. The van der Waals surface area contributed by atoms with E-state index in [0.717, 1.165) is 6.42 Å². The Kier molecular flexibility index (Phi) is 4.95. The first-order valence-corrected chi connectivity index (χ1v) is 6.98. The monoisotopic (exact) mass is 290 g/mol. The van der Waals surface area contributed by atoms with Gasteiger partial charge >= 0.3 is 5.97 Å². The van der Waals surface area contributed by atoms with E-state index in [1.54, 1.807) is 24.5 Å². The summed E-state index contributed by atoms with van der Waals surface area (Å²) in [6.45, 7) is 2.61. The fourth-order valence-electron chi connectivity index (χ4n) is 1.50. The van der Waals surface area contributed by atoms with Crippen molar-refractivity contribution in [3.63, 3.8) is 0 Å². The largest absolute Gasteiger partial charge is 0.491 e. The molecule has 1 N–H and O–H groups in total. The van der Waals surface area contributed by atoms with E-state index in [0.29, 0.717) is 22.4 Å². The lowest BCUT2D eigenvalue weighted by Gasteiger charge is -2.09. The molecule has 2 aromatic rings. The average Bonchev–Trinajstić information content (AvgIpc) is 2.47. The van der Waals surface area contributed by atoms with Crippen LogP contribution in [0.4, 0.5) is 0 Å². The Morgan fingerprint density at radius 3 is 2.65 bits per heavy atom. The number of pyridine rings is 2. The summed E-state index contributed by atoms with van der Waals surface area (Å²) >= 11 is 1.19. The molecule has 5 nitrogen and oxygen atoms in total. The summed E-state index contributed by atoms with van der Waals surface area (Å²) in [5.74, 6) is -0.367. The standard InChI is InChI=1S/C14H14N2O3S/c1-2-9-19-11-6-4-8-16-13(11)20-12-10(14(17)18)5-3-7-15-12/h3-8H,2,9H2,1H3,(H,17,18). The molecule has 0 spiro atoms. The van der Waals surface area contributed by atoms with E-state index >= 15 is 0 Å². The molecule has 0 aliphatic carbocycles. The van der Waals surface area contributed by atoms with Crippen molar-refractivity contribution < 1.29 is 14.6 Å². The van der Waals surface area contributed by atoms with E-state index < -0.39 is 5.97 Å². The molecule has 0 fully saturated rings. The van der Waals surface area contributed by atoms with Gasteiger partial charge in [-0.3, -0.25) is 0 Å². The zero-order chi connectivity index (χ0) is 14.4. The SMILES string of the molecule is CCCOc1cccnc1Sc1ncccc1C(=O)O. The fourth-order valence-corrected chi connectivity index (χ4v) is 2.40. The van der Waals surface area contributed by atoms with E-state index in [1.807, 2.05) is 13.0 Å². The smallest absolute Gasteiger partial charge is 0.338 e. The van der Waals surface area contributed by atoms with Gasteiger partial charge in [-0.1, -0.05) is 6.92 Å². The van der Waals surface area contributed by atoms with Crippen LogP contribution in [-0.2, 0) is 0 Å². The summed E-state index contributed by atoms with van der Waals surface area (Å²) in [4.78, 5) is 19.5. The van der Waals surface area contributed by atoms with Gasteiger partial charge in [0.2, 0.25) is 0 Å². The maximum absolute atomic E-state index is 11.2. The lowest BCUT2D eigenvalue weighted by Crippen LogP contribution is -2.01. The Bertz CT molecular complexity index is 604. The van der Waals surface area contributed by atoms with Gasteiger partial charge in [0.15, 0.2) is 5.75 Å². The molecule has 0 amide bonds. The Balaban J connectivity index is 2.28. The molecule has 0 aromatic carbocycles. The summed E-state index contributed by atoms with van der Waals surface area (Å²) < 4.78 is 5.60. The van der Waals surface area contributed by atoms with Gasteiger partial charge in [-0.15, -0.1) is 0 Å². The summed E-state index contributed by atoms with van der Waals surface area (Å²) in [6.07, 6.45) is 4.10. The van der Waals surface area contributed by atoms with E-state index in [2.05, 4.69) is 9.97 Å². The molecule has 0 saturated heterocycles. The summed E-state index contributed by atoms with van der Waals surface area (Å²) in [6, 6.07) is 6.72. The highest BCUT2D eigenvalue weighted by molar-refractivity contribution is 7.99. The average molecular weight is 290 g/mol. The number of ether oxygens (including phenoxy) is 1. The minimum absolute atomic E-state index is 0.157. The zero-order valence-electron chi connectivity index (χ0n) is 10.9. The van der Waals surface area contributed by atoms with Crippen LogP contribution in [0.3, 0.4) is 0 Å². The van der Waals surface area contributed by atoms with Gasteiger partial charge in [-0.05, 0) is 42.4 Å². The number of nitrogens with zero attached hydrogens (tertiary/aromatic N) is 2. The Morgan fingerprint density at radius 1 is 1.25 bits per heavy atom. The predicted molar refractivity (Wildman–Crippen MR) is 75.3 cm³/mol. The van der Waals surface area contributed by atoms with Crippen LogP contribution >= 0.6 is 11.8 Å². The lowest BCUT2D eigenvalue weighted by atomic mass is 10.3. The maximum atomic E-state index is 11.2. The molecule has 0 radical (unpaired) electrons. The van der Waals surface area contributed by atoms with Gasteiger partial charge in [-0.25, -0.2) is 14.8 Å². The van der Waals surface area contributed by atoms with Crippen molar-refractivity contribution in [2.45, 2.75) is 23.4 Å². The van der Waals surface area contributed by atoms with Crippen molar-refractivity contribution >= 4 is 17.7 Å². The number of hydrogen-bond donors (Lipinski definition) is 1. The molecular weight excluding hydrogens is 276 g/mol. The maximum Gasteiger partial charge on any atom is 0.338 e. The summed E-state index contributed by atoms with van der Waals surface area (Å²) in [5.41, 5.74) is 0.157. The minimum Gasteiger partial charge on any atom is -0.491 e. The second-order valence-electron chi connectivity index (χ2n) is 3.92. The second-order valence-corrected chi connectivity index (χ2v) is 4.90. The molecule has 0 saturated carbocycles. The van der Waals surface area contributed by atoms with Gasteiger partial charge in [0.1, 0.15) is 10.1 Å². The van der Waals surface area contributed by atoms with Crippen molar-refractivity contribution in [1.82, 2.24) is 9.97 Å². The molecule has 6 heteroatoms. The highest BCUT2D eigenvalue weighted by Gasteiger charge is 2.15. The Labute approximate surface area is 121 Å². The van der Waals surface area contributed by atoms with Crippen molar-refractivity contribution in [3.05, 3.63) is 42.2 Å².